The third-order valence-corrected chi connectivity index (χ3v) is 3.30. The maximum atomic E-state index is 13.5. The van der Waals surface area contributed by atoms with E-state index >= 15 is 0 Å². The summed E-state index contributed by atoms with van der Waals surface area (Å²) in [6.45, 7) is 1.87. The first-order valence-corrected chi connectivity index (χ1v) is 6.50. The van der Waals surface area contributed by atoms with Gasteiger partial charge < -0.3 is 5.32 Å². The van der Waals surface area contributed by atoms with Crippen LogP contribution in [0, 0.1) is 12.7 Å². The Balaban J connectivity index is 2.09. The predicted molar refractivity (Wildman–Crippen MR) is 73.7 cm³/mol. The highest BCUT2D eigenvalue weighted by Crippen LogP contribution is 2.40. The summed E-state index contributed by atoms with van der Waals surface area (Å²) in [6, 6.07) is 6.88. The van der Waals surface area contributed by atoms with Crippen LogP contribution in [0.4, 0.5) is 10.2 Å². The largest absolute Gasteiger partial charge is 0.373 e. The van der Waals surface area contributed by atoms with Gasteiger partial charge >= 0.3 is 0 Å². The van der Waals surface area contributed by atoms with E-state index in [0.717, 1.165) is 22.6 Å². The molecule has 0 bridgehead atoms. The molecule has 0 atom stereocenters. The van der Waals surface area contributed by atoms with E-state index in [4.69, 9.17) is 0 Å². The number of hydrogen-bond donors (Lipinski definition) is 1. The van der Waals surface area contributed by atoms with Gasteiger partial charge in [-0.25, -0.2) is 14.4 Å². The molecular formula is C15H16FN3. The molecule has 1 heterocycles. The normalized spacial score (nSPS) is 14.5. The van der Waals surface area contributed by atoms with Gasteiger partial charge in [-0.1, -0.05) is 0 Å². The van der Waals surface area contributed by atoms with E-state index in [1.165, 1.54) is 25.0 Å². The summed E-state index contributed by atoms with van der Waals surface area (Å²) in [6.07, 6.45) is 2.36. The van der Waals surface area contributed by atoms with Crippen molar-refractivity contribution in [3.8, 4) is 11.4 Å². The summed E-state index contributed by atoms with van der Waals surface area (Å²) in [4.78, 5) is 9.00. The van der Waals surface area contributed by atoms with Crippen LogP contribution in [0.2, 0.25) is 0 Å². The standard InChI is InChI=1S/C15H16FN3/c1-9-5-11(7-12(16)6-9)15-18-13(10-3-4-10)8-14(17-2)19-15/h5-8,10H,3-4H2,1-2H3,(H,17,18,19). The molecular weight excluding hydrogens is 241 g/mol. The Kier molecular flexibility index (Phi) is 2.93. The van der Waals surface area contributed by atoms with E-state index in [2.05, 4.69) is 15.3 Å². The number of rotatable bonds is 3. The van der Waals surface area contributed by atoms with Crippen molar-refractivity contribution in [3.63, 3.8) is 0 Å². The monoisotopic (exact) mass is 257 g/mol. The van der Waals surface area contributed by atoms with Crippen molar-refractivity contribution in [2.24, 2.45) is 0 Å². The number of hydrogen-bond acceptors (Lipinski definition) is 3. The Labute approximate surface area is 111 Å². The molecule has 0 spiro atoms. The Bertz CT molecular complexity index is 601. The molecule has 3 nitrogen and oxygen atoms in total. The molecule has 4 heteroatoms. The molecule has 0 unspecified atom stereocenters. The lowest BCUT2D eigenvalue weighted by Crippen LogP contribution is -2.00. The van der Waals surface area contributed by atoms with Crippen molar-refractivity contribution < 1.29 is 4.39 Å². The van der Waals surface area contributed by atoms with E-state index < -0.39 is 0 Å². The van der Waals surface area contributed by atoms with E-state index in [9.17, 15) is 4.39 Å². The van der Waals surface area contributed by atoms with Gasteiger partial charge in [0.05, 0.1) is 0 Å². The Morgan fingerprint density at radius 1 is 1.16 bits per heavy atom. The van der Waals surface area contributed by atoms with Crippen LogP contribution in [-0.2, 0) is 0 Å². The average Bonchev–Trinajstić information content (AvgIpc) is 3.21. The summed E-state index contributed by atoms with van der Waals surface area (Å²) in [7, 11) is 1.83. The number of anilines is 1. The molecule has 98 valence electrons. The van der Waals surface area contributed by atoms with Crippen LogP contribution in [0.3, 0.4) is 0 Å². The number of halogens is 1. The quantitative estimate of drug-likeness (QED) is 0.914. The van der Waals surface area contributed by atoms with Crippen LogP contribution < -0.4 is 5.32 Å². The summed E-state index contributed by atoms with van der Waals surface area (Å²) >= 11 is 0. The highest BCUT2D eigenvalue weighted by atomic mass is 19.1. The van der Waals surface area contributed by atoms with Gasteiger partial charge in [-0.3, -0.25) is 0 Å². The molecule has 0 aliphatic heterocycles. The minimum Gasteiger partial charge on any atom is -0.373 e. The van der Waals surface area contributed by atoms with E-state index in [1.807, 2.05) is 26.1 Å². The van der Waals surface area contributed by atoms with Crippen molar-refractivity contribution in [2.45, 2.75) is 25.7 Å². The highest BCUT2D eigenvalue weighted by Gasteiger charge is 2.26. The predicted octanol–water partition coefficient (Wildman–Crippen LogP) is 3.51. The van der Waals surface area contributed by atoms with Crippen LogP contribution in [0.1, 0.15) is 30.0 Å². The average molecular weight is 257 g/mol. The molecule has 3 rings (SSSR count). The molecule has 2 aromatic rings. The van der Waals surface area contributed by atoms with Crippen LogP contribution >= 0.6 is 0 Å². The first-order valence-electron chi connectivity index (χ1n) is 6.50. The Hall–Kier alpha value is -1.97. The maximum absolute atomic E-state index is 13.5. The van der Waals surface area contributed by atoms with Gasteiger partial charge in [0.1, 0.15) is 11.6 Å². The van der Waals surface area contributed by atoms with E-state index in [1.54, 1.807) is 0 Å². The summed E-state index contributed by atoms with van der Waals surface area (Å²) in [5, 5.41) is 3.04. The summed E-state index contributed by atoms with van der Waals surface area (Å²) in [5.74, 6) is 1.68. The summed E-state index contributed by atoms with van der Waals surface area (Å²) < 4.78 is 13.5. The topological polar surface area (TPSA) is 37.8 Å². The zero-order valence-electron chi connectivity index (χ0n) is 11.1. The van der Waals surface area contributed by atoms with Crippen molar-refractivity contribution in [1.82, 2.24) is 9.97 Å². The molecule has 1 aromatic heterocycles. The smallest absolute Gasteiger partial charge is 0.161 e. The van der Waals surface area contributed by atoms with Crippen LogP contribution in [0.5, 0.6) is 0 Å². The van der Waals surface area contributed by atoms with Gasteiger partial charge in [-0.15, -0.1) is 0 Å². The second kappa shape index (κ2) is 4.61. The van der Waals surface area contributed by atoms with Crippen LogP contribution in [0.25, 0.3) is 11.4 Å². The van der Waals surface area contributed by atoms with E-state index in [0.29, 0.717) is 11.7 Å². The zero-order chi connectivity index (χ0) is 13.4. The fraction of sp³-hybridized carbons (Fsp3) is 0.333. The lowest BCUT2D eigenvalue weighted by Gasteiger charge is -2.08. The lowest BCUT2D eigenvalue weighted by atomic mass is 10.1. The molecule has 1 fully saturated rings. The van der Waals surface area contributed by atoms with Gasteiger partial charge in [0.25, 0.3) is 0 Å². The van der Waals surface area contributed by atoms with Gasteiger partial charge in [0.15, 0.2) is 5.82 Å². The third-order valence-electron chi connectivity index (χ3n) is 3.30. The van der Waals surface area contributed by atoms with Crippen molar-refractivity contribution >= 4 is 5.82 Å². The number of aryl methyl sites for hydroxylation is 1. The number of benzene rings is 1. The minimum absolute atomic E-state index is 0.249. The second-order valence-corrected chi connectivity index (χ2v) is 5.04. The second-order valence-electron chi connectivity index (χ2n) is 5.04. The fourth-order valence-corrected chi connectivity index (χ4v) is 2.18. The molecule has 1 N–H and O–H groups in total. The lowest BCUT2D eigenvalue weighted by molar-refractivity contribution is 0.627. The molecule has 19 heavy (non-hydrogen) atoms. The molecule has 1 aromatic carbocycles. The molecule has 1 saturated carbocycles. The molecule has 1 aliphatic rings. The van der Waals surface area contributed by atoms with Crippen LogP contribution in [-0.4, -0.2) is 17.0 Å². The maximum Gasteiger partial charge on any atom is 0.161 e. The highest BCUT2D eigenvalue weighted by molar-refractivity contribution is 5.59. The van der Waals surface area contributed by atoms with Crippen molar-refractivity contribution in [2.75, 3.05) is 12.4 Å². The Morgan fingerprint density at radius 3 is 2.58 bits per heavy atom. The number of nitrogens with one attached hydrogen (secondary N) is 1. The number of aromatic nitrogens is 2. The zero-order valence-corrected chi connectivity index (χ0v) is 11.1. The molecule has 1 aliphatic carbocycles. The molecule has 0 amide bonds. The van der Waals surface area contributed by atoms with Crippen LogP contribution in [0.15, 0.2) is 24.3 Å². The van der Waals surface area contributed by atoms with Gasteiger partial charge in [-0.2, -0.15) is 0 Å². The summed E-state index contributed by atoms with van der Waals surface area (Å²) in [5.41, 5.74) is 2.66. The molecule has 0 radical (unpaired) electrons. The SMILES string of the molecule is CNc1cc(C2CC2)nc(-c2cc(C)cc(F)c2)n1. The minimum atomic E-state index is -0.249. The van der Waals surface area contributed by atoms with Gasteiger partial charge in [0, 0.05) is 30.3 Å². The first-order chi connectivity index (χ1) is 9.15. The Morgan fingerprint density at radius 2 is 1.95 bits per heavy atom. The third kappa shape index (κ3) is 2.57. The first kappa shape index (κ1) is 12.1. The van der Waals surface area contributed by atoms with Gasteiger partial charge in [-0.05, 0) is 43.5 Å². The molecule has 0 saturated heterocycles. The van der Waals surface area contributed by atoms with Gasteiger partial charge in [0.2, 0.25) is 0 Å². The number of nitrogens with zero attached hydrogens (tertiary/aromatic N) is 2. The van der Waals surface area contributed by atoms with E-state index in [-0.39, 0.29) is 5.82 Å². The van der Waals surface area contributed by atoms with Crippen molar-refractivity contribution in [3.05, 3.63) is 41.3 Å². The fourth-order valence-electron chi connectivity index (χ4n) is 2.18. The van der Waals surface area contributed by atoms with Crippen molar-refractivity contribution in [1.29, 1.82) is 0 Å².